The molecule has 0 spiro atoms. The van der Waals surface area contributed by atoms with Gasteiger partial charge in [-0.1, -0.05) is 20.8 Å². The average Bonchev–Trinajstić information content (AvgIpc) is 3.15. The Labute approximate surface area is 171 Å². The molecule has 2 aromatic rings. The van der Waals surface area contributed by atoms with Gasteiger partial charge in [0.15, 0.2) is 25.5 Å². The fourth-order valence-electron chi connectivity index (χ4n) is 3.21. The molecule has 156 valence electrons. The topological polar surface area (TPSA) is 108 Å². The second kappa shape index (κ2) is 7.56. The van der Waals surface area contributed by atoms with Gasteiger partial charge in [0.25, 0.3) is 0 Å². The molecule has 0 aliphatic carbocycles. The minimum absolute atomic E-state index is 0.0991. The summed E-state index contributed by atoms with van der Waals surface area (Å²) in [6, 6.07) is 0. The molecule has 0 aromatic carbocycles. The van der Waals surface area contributed by atoms with Crippen LogP contribution in [0.4, 0.5) is 5.82 Å². The maximum Gasteiger partial charge on any atom is 0.192 e. The molecule has 3 rings (SSSR count). The molecule has 28 heavy (non-hydrogen) atoms. The molecule has 1 aliphatic heterocycles. The van der Waals surface area contributed by atoms with Crippen LogP contribution in [0.15, 0.2) is 12.7 Å². The lowest BCUT2D eigenvalue weighted by atomic mass is 10.1. The molecule has 2 aromatic heterocycles. The van der Waals surface area contributed by atoms with Gasteiger partial charge in [-0.2, -0.15) is 11.8 Å². The van der Waals surface area contributed by atoms with Crippen LogP contribution in [-0.2, 0) is 14.9 Å². The van der Waals surface area contributed by atoms with Gasteiger partial charge < -0.3 is 20.0 Å². The van der Waals surface area contributed by atoms with Crippen molar-refractivity contribution < 1.29 is 14.3 Å². The molecular formula is C18H31N5O3SSi. The first-order valence-corrected chi connectivity index (χ1v) is 13.7. The van der Waals surface area contributed by atoms with Crippen molar-refractivity contribution >= 4 is 37.1 Å². The Morgan fingerprint density at radius 3 is 2.75 bits per heavy atom. The highest BCUT2D eigenvalue weighted by Gasteiger charge is 2.49. The Balaban J connectivity index is 1.87. The van der Waals surface area contributed by atoms with Crippen molar-refractivity contribution in [2.45, 2.75) is 63.3 Å². The van der Waals surface area contributed by atoms with E-state index in [1.165, 1.54) is 6.33 Å². The molecule has 8 nitrogen and oxygen atoms in total. The van der Waals surface area contributed by atoms with Crippen LogP contribution >= 0.6 is 11.8 Å². The molecule has 0 saturated carbocycles. The van der Waals surface area contributed by atoms with E-state index in [-0.39, 0.29) is 5.04 Å². The van der Waals surface area contributed by atoms with Crippen molar-refractivity contribution in [3.63, 3.8) is 0 Å². The Bertz CT molecular complexity index is 840. The fourth-order valence-corrected chi connectivity index (χ4v) is 5.00. The normalized spacial score (nSPS) is 26.2. The number of thioether (sulfide) groups is 1. The SMILES string of the molecule is CSC[C@]1(n2cnc3c(N)ncnc32)C[C@H](O)[C@@H](CO[Si](C)(C)C(C)(C)C)O1. The first-order chi connectivity index (χ1) is 13.0. The molecule has 0 amide bonds. The van der Waals surface area contributed by atoms with Crippen molar-refractivity contribution in [1.29, 1.82) is 0 Å². The fraction of sp³-hybridized carbons (Fsp3) is 0.722. The largest absolute Gasteiger partial charge is 0.414 e. The summed E-state index contributed by atoms with van der Waals surface area (Å²) in [5, 5.41) is 10.9. The van der Waals surface area contributed by atoms with Crippen molar-refractivity contribution in [2.24, 2.45) is 0 Å². The third-order valence-corrected chi connectivity index (χ3v) is 11.2. The molecule has 3 heterocycles. The van der Waals surface area contributed by atoms with E-state index in [1.807, 2.05) is 10.8 Å². The van der Waals surface area contributed by atoms with Gasteiger partial charge in [0, 0.05) is 12.2 Å². The highest BCUT2D eigenvalue weighted by Crippen LogP contribution is 2.41. The van der Waals surface area contributed by atoms with E-state index in [0.29, 0.717) is 35.8 Å². The number of ether oxygens (including phenoxy) is 1. The predicted octanol–water partition coefficient (Wildman–Crippen LogP) is 2.60. The van der Waals surface area contributed by atoms with Crippen LogP contribution in [0, 0.1) is 0 Å². The van der Waals surface area contributed by atoms with Gasteiger partial charge in [0.1, 0.15) is 17.9 Å². The summed E-state index contributed by atoms with van der Waals surface area (Å²) < 4.78 is 14.7. The zero-order valence-electron chi connectivity index (χ0n) is 17.5. The zero-order valence-corrected chi connectivity index (χ0v) is 19.3. The molecule has 3 N–H and O–H groups in total. The Kier molecular flexibility index (Phi) is 5.81. The zero-order chi connectivity index (χ0) is 20.7. The maximum absolute atomic E-state index is 10.8. The number of anilines is 1. The monoisotopic (exact) mass is 425 g/mol. The number of aliphatic hydroxyl groups is 1. The number of hydrogen-bond donors (Lipinski definition) is 2. The molecule has 0 radical (unpaired) electrons. The summed E-state index contributed by atoms with van der Waals surface area (Å²) in [7, 11) is -1.94. The molecule has 0 bridgehead atoms. The van der Waals surface area contributed by atoms with E-state index < -0.39 is 26.3 Å². The van der Waals surface area contributed by atoms with Crippen molar-refractivity contribution in [3.05, 3.63) is 12.7 Å². The summed E-state index contributed by atoms with van der Waals surface area (Å²) in [6.45, 7) is 11.4. The summed E-state index contributed by atoms with van der Waals surface area (Å²) in [6.07, 6.45) is 4.52. The minimum atomic E-state index is -1.94. The third-order valence-electron chi connectivity index (χ3n) is 5.91. The number of aromatic nitrogens is 4. The Morgan fingerprint density at radius 1 is 1.39 bits per heavy atom. The van der Waals surface area contributed by atoms with E-state index in [1.54, 1.807) is 18.1 Å². The number of fused-ring (bicyclic) bond motifs is 1. The third kappa shape index (κ3) is 3.80. The number of nitrogen functional groups attached to an aromatic ring is 1. The smallest absolute Gasteiger partial charge is 0.192 e. The first-order valence-electron chi connectivity index (χ1n) is 9.43. The molecule has 1 saturated heterocycles. The van der Waals surface area contributed by atoms with Crippen LogP contribution in [0.2, 0.25) is 18.1 Å². The van der Waals surface area contributed by atoms with Crippen molar-refractivity contribution in [2.75, 3.05) is 24.3 Å². The van der Waals surface area contributed by atoms with Gasteiger partial charge in [-0.05, 0) is 24.4 Å². The molecule has 1 aliphatic rings. The number of hydrogen-bond acceptors (Lipinski definition) is 8. The average molecular weight is 426 g/mol. The van der Waals surface area contributed by atoms with Crippen LogP contribution < -0.4 is 5.73 Å². The lowest BCUT2D eigenvalue weighted by Gasteiger charge is -2.37. The highest BCUT2D eigenvalue weighted by atomic mass is 32.2. The predicted molar refractivity (Wildman–Crippen MR) is 115 cm³/mol. The molecule has 10 heteroatoms. The van der Waals surface area contributed by atoms with Crippen LogP contribution in [0.5, 0.6) is 0 Å². The summed E-state index contributed by atoms with van der Waals surface area (Å²) >= 11 is 1.65. The summed E-state index contributed by atoms with van der Waals surface area (Å²) in [5.74, 6) is 0.982. The van der Waals surface area contributed by atoms with Gasteiger partial charge in [-0.3, -0.25) is 4.57 Å². The van der Waals surface area contributed by atoms with Gasteiger partial charge in [0.05, 0.1) is 19.0 Å². The number of imidazole rings is 1. The van der Waals surface area contributed by atoms with Crippen LogP contribution in [-0.4, -0.2) is 63.8 Å². The molecule has 3 atom stereocenters. The quantitative estimate of drug-likeness (QED) is 0.680. The van der Waals surface area contributed by atoms with Gasteiger partial charge >= 0.3 is 0 Å². The lowest BCUT2D eigenvalue weighted by Crippen LogP contribution is -2.44. The van der Waals surface area contributed by atoms with Gasteiger partial charge in [-0.15, -0.1) is 0 Å². The number of nitrogens with two attached hydrogens (primary N) is 1. The maximum atomic E-state index is 10.8. The summed E-state index contributed by atoms with van der Waals surface area (Å²) in [5.41, 5.74) is 6.34. The Hall–Kier alpha value is -1.20. The first kappa shape index (κ1) is 21.5. The minimum Gasteiger partial charge on any atom is -0.414 e. The van der Waals surface area contributed by atoms with E-state index in [9.17, 15) is 5.11 Å². The van der Waals surface area contributed by atoms with Crippen LogP contribution in [0.1, 0.15) is 27.2 Å². The number of rotatable bonds is 6. The van der Waals surface area contributed by atoms with Gasteiger partial charge in [0.2, 0.25) is 0 Å². The van der Waals surface area contributed by atoms with Crippen molar-refractivity contribution in [3.8, 4) is 0 Å². The second-order valence-electron chi connectivity index (χ2n) is 8.92. The second-order valence-corrected chi connectivity index (χ2v) is 14.6. The molecular weight excluding hydrogens is 394 g/mol. The van der Waals surface area contributed by atoms with E-state index in [0.717, 1.165) is 0 Å². The van der Waals surface area contributed by atoms with Crippen LogP contribution in [0.3, 0.4) is 0 Å². The highest BCUT2D eigenvalue weighted by molar-refractivity contribution is 7.98. The number of aliphatic hydroxyl groups excluding tert-OH is 1. The van der Waals surface area contributed by atoms with E-state index >= 15 is 0 Å². The van der Waals surface area contributed by atoms with Crippen LogP contribution in [0.25, 0.3) is 11.2 Å². The van der Waals surface area contributed by atoms with E-state index in [2.05, 4.69) is 48.8 Å². The Morgan fingerprint density at radius 2 is 2.11 bits per heavy atom. The van der Waals surface area contributed by atoms with Gasteiger partial charge in [-0.25, -0.2) is 15.0 Å². The van der Waals surface area contributed by atoms with E-state index in [4.69, 9.17) is 14.9 Å². The lowest BCUT2D eigenvalue weighted by molar-refractivity contribution is -0.0983. The molecule has 1 fully saturated rings. The van der Waals surface area contributed by atoms with Crippen molar-refractivity contribution in [1.82, 2.24) is 19.5 Å². The molecule has 0 unspecified atom stereocenters. The number of nitrogens with zero attached hydrogens (tertiary/aromatic N) is 4. The standard InChI is InChI=1S/C18H31N5O3SSi/c1-17(2,3)28(5,6)25-8-13-12(24)7-18(26-13,9-27-4)23-11-22-14-15(19)20-10-21-16(14)23/h10-13,24H,7-9H2,1-6H3,(H2,19,20,21)/t12-,13+,18-/m0/s1. The summed E-state index contributed by atoms with van der Waals surface area (Å²) in [4.78, 5) is 12.7.